The van der Waals surface area contributed by atoms with Gasteiger partial charge in [-0.25, -0.2) is 4.68 Å². The number of nitrogens with one attached hydrogen (secondary N) is 3. The molecule has 23 heavy (non-hydrogen) atoms. The zero-order valence-corrected chi connectivity index (χ0v) is 13.8. The topological polar surface area (TPSA) is 101 Å². The Morgan fingerprint density at radius 1 is 1.43 bits per heavy atom. The number of piperidine rings is 1. The van der Waals surface area contributed by atoms with E-state index in [0.717, 1.165) is 32.4 Å². The van der Waals surface area contributed by atoms with Crippen LogP contribution in [0.15, 0.2) is 6.20 Å². The van der Waals surface area contributed by atoms with E-state index in [1.54, 1.807) is 10.9 Å². The van der Waals surface area contributed by atoms with Crippen molar-refractivity contribution in [2.75, 3.05) is 19.6 Å². The molecule has 8 heteroatoms. The molecule has 1 aromatic rings. The number of hydrogen-bond acceptors (Lipinski definition) is 5. The Hall–Kier alpha value is -1.96. The van der Waals surface area contributed by atoms with Gasteiger partial charge in [-0.3, -0.25) is 9.59 Å². The summed E-state index contributed by atoms with van der Waals surface area (Å²) >= 11 is 0. The molecule has 0 radical (unpaired) electrons. The molecular weight excluding hydrogens is 296 g/mol. The van der Waals surface area contributed by atoms with Crippen LogP contribution in [0, 0.1) is 0 Å². The molecular formula is C15H26N6O2. The minimum Gasteiger partial charge on any atom is -0.354 e. The Balaban J connectivity index is 1.75. The molecule has 2 amide bonds. The number of amides is 2. The smallest absolute Gasteiger partial charge is 0.273 e. The summed E-state index contributed by atoms with van der Waals surface area (Å²) in [6.45, 7) is 6.17. The summed E-state index contributed by atoms with van der Waals surface area (Å²) < 4.78 is 1.77. The van der Waals surface area contributed by atoms with Crippen LogP contribution in [0.25, 0.3) is 0 Å². The van der Waals surface area contributed by atoms with Gasteiger partial charge in [-0.1, -0.05) is 12.1 Å². The predicted octanol–water partition coefficient (Wildman–Crippen LogP) is 0.237. The lowest BCUT2D eigenvalue weighted by atomic mass is 10.1. The van der Waals surface area contributed by atoms with Crippen LogP contribution >= 0.6 is 0 Å². The summed E-state index contributed by atoms with van der Waals surface area (Å²) in [5.74, 6) is -0.348. The largest absolute Gasteiger partial charge is 0.354 e. The van der Waals surface area contributed by atoms with Gasteiger partial charge >= 0.3 is 0 Å². The molecule has 1 fully saturated rings. The number of rotatable bonds is 7. The first-order valence-electron chi connectivity index (χ1n) is 8.30. The Labute approximate surface area is 136 Å². The second-order valence-corrected chi connectivity index (χ2v) is 5.95. The summed E-state index contributed by atoms with van der Waals surface area (Å²) in [7, 11) is 0. The Kier molecular flexibility index (Phi) is 6.52. The number of nitrogens with zero attached hydrogens (tertiary/aromatic N) is 3. The standard InChI is InChI=1S/C15H26N6O2/c1-3-11(2)18-14(22)6-9-17-15(23)13-10-21(20-19-13)12-4-7-16-8-5-12/h10-12,16H,3-9H2,1-2H3,(H,17,23)(H,18,22). The van der Waals surface area contributed by atoms with Crippen LogP contribution in [0.5, 0.6) is 0 Å². The van der Waals surface area contributed by atoms with Crippen molar-refractivity contribution in [2.45, 2.75) is 51.6 Å². The van der Waals surface area contributed by atoms with Crippen LogP contribution in [0.3, 0.4) is 0 Å². The highest BCUT2D eigenvalue weighted by Gasteiger charge is 2.18. The van der Waals surface area contributed by atoms with Crippen molar-refractivity contribution in [1.82, 2.24) is 30.9 Å². The van der Waals surface area contributed by atoms with Crippen molar-refractivity contribution in [3.8, 4) is 0 Å². The number of aromatic nitrogens is 3. The molecule has 1 aromatic heterocycles. The van der Waals surface area contributed by atoms with E-state index < -0.39 is 0 Å². The Bertz CT molecular complexity index is 524. The van der Waals surface area contributed by atoms with Crippen molar-refractivity contribution in [2.24, 2.45) is 0 Å². The van der Waals surface area contributed by atoms with Gasteiger partial charge in [0.05, 0.1) is 12.2 Å². The molecule has 3 N–H and O–H groups in total. The molecule has 0 aromatic carbocycles. The molecule has 0 spiro atoms. The van der Waals surface area contributed by atoms with Crippen LogP contribution in [0.2, 0.25) is 0 Å². The van der Waals surface area contributed by atoms with Gasteiger partial charge in [-0.2, -0.15) is 0 Å². The monoisotopic (exact) mass is 322 g/mol. The summed E-state index contributed by atoms with van der Waals surface area (Å²) in [5.41, 5.74) is 0.297. The predicted molar refractivity (Wildman–Crippen MR) is 86.0 cm³/mol. The molecule has 128 valence electrons. The minimum atomic E-state index is -0.290. The lowest BCUT2D eigenvalue weighted by Crippen LogP contribution is -2.35. The molecule has 2 heterocycles. The fourth-order valence-corrected chi connectivity index (χ4v) is 2.46. The third-order valence-corrected chi connectivity index (χ3v) is 4.08. The Morgan fingerprint density at radius 3 is 2.87 bits per heavy atom. The van der Waals surface area contributed by atoms with Gasteiger partial charge in [0.15, 0.2) is 5.69 Å². The van der Waals surface area contributed by atoms with Crippen molar-refractivity contribution >= 4 is 11.8 Å². The Morgan fingerprint density at radius 2 is 2.17 bits per heavy atom. The van der Waals surface area contributed by atoms with Gasteiger partial charge in [0.2, 0.25) is 5.91 Å². The van der Waals surface area contributed by atoms with E-state index in [4.69, 9.17) is 0 Å². The number of carbonyl (C=O) groups is 2. The van der Waals surface area contributed by atoms with Gasteiger partial charge < -0.3 is 16.0 Å². The third kappa shape index (κ3) is 5.31. The lowest BCUT2D eigenvalue weighted by Gasteiger charge is -2.22. The molecule has 1 atom stereocenters. The maximum atomic E-state index is 12.0. The second-order valence-electron chi connectivity index (χ2n) is 5.95. The van der Waals surface area contributed by atoms with Crippen LogP contribution in [-0.2, 0) is 4.79 Å². The molecule has 0 saturated carbocycles. The van der Waals surface area contributed by atoms with Crippen molar-refractivity contribution in [1.29, 1.82) is 0 Å². The zero-order chi connectivity index (χ0) is 16.7. The molecule has 0 aliphatic carbocycles. The van der Waals surface area contributed by atoms with Crippen molar-refractivity contribution in [3.05, 3.63) is 11.9 Å². The van der Waals surface area contributed by atoms with Gasteiger partial charge in [0.1, 0.15) is 0 Å². The maximum Gasteiger partial charge on any atom is 0.273 e. The third-order valence-electron chi connectivity index (χ3n) is 4.08. The van der Waals surface area contributed by atoms with E-state index in [9.17, 15) is 9.59 Å². The number of carbonyl (C=O) groups excluding carboxylic acids is 2. The van der Waals surface area contributed by atoms with Gasteiger partial charge in [0, 0.05) is 19.0 Å². The van der Waals surface area contributed by atoms with E-state index in [0.29, 0.717) is 18.3 Å². The molecule has 1 unspecified atom stereocenters. The van der Waals surface area contributed by atoms with E-state index >= 15 is 0 Å². The number of hydrogen-bond donors (Lipinski definition) is 3. The molecule has 1 aliphatic rings. The molecule has 1 saturated heterocycles. The molecule has 8 nitrogen and oxygen atoms in total. The van der Waals surface area contributed by atoms with Gasteiger partial charge in [0.25, 0.3) is 5.91 Å². The SMILES string of the molecule is CCC(C)NC(=O)CCNC(=O)c1cn(C2CCNCC2)nn1. The van der Waals surface area contributed by atoms with Gasteiger partial charge in [-0.05, 0) is 39.3 Å². The summed E-state index contributed by atoms with van der Waals surface area (Å²) in [6.07, 6.45) is 4.81. The minimum absolute atomic E-state index is 0.0574. The van der Waals surface area contributed by atoms with Crippen LogP contribution in [0.1, 0.15) is 56.1 Å². The van der Waals surface area contributed by atoms with Gasteiger partial charge in [-0.15, -0.1) is 5.10 Å². The van der Waals surface area contributed by atoms with E-state index in [-0.39, 0.29) is 24.3 Å². The highest BCUT2D eigenvalue weighted by molar-refractivity contribution is 5.92. The second kappa shape index (κ2) is 8.61. The summed E-state index contributed by atoms with van der Waals surface area (Å²) in [6, 6.07) is 0.453. The van der Waals surface area contributed by atoms with E-state index in [1.807, 2.05) is 13.8 Å². The first-order chi connectivity index (χ1) is 11.1. The summed E-state index contributed by atoms with van der Waals surface area (Å²) in [5, 5.41) is 16.8. The molecule has 0 bridgehead atoms. The van der Waals surface area contributed by atoms with Crippen LogP contribution in [0.4, 0.5) is 0 Å². The van der Waals surface area contributed by atoms with E-state index in [1.165, 1.54) is 0 Å². The zero-order valence-electron chi connectivity index (χ0n) is 13.8. The molecule has 1 aliphatic heterocycles. The highest BCUT2D eigenvalue weighted by Crippen LogP contribution is 2.16. The molecule has 2 rings (SSSR count). The first kappa shape index (κ1) is 17.4. The average Bonchev–Trinajstić information content (AvgIpc) is 3.05. The fraction of sp³-hybridized carbons (Fsp3) is 0.733. The quantitative estimate of drug-likeness (QED) is 0.667. The summed E-state index contributed by atoms with van der Waals surface area (Å²) in [4.78, 5) is 23.7. The lowest BCUT2D eigenvalue weighted by molar-refractivity contribution is -0.121. The first-order valence-corrected chi connectivity index (χ1v) is 8.30. The van der Waals surface area contributed by atoms with Crippen LogP contribution in [-0.4, -0.2) is 52.5 Å². The fourth-order valence-electron chi connectivity index (χ4n) is 2.46. The maximum absolute atomic E-state index is 12.0. The van der Waals surface area contributed by atoms with E-state index in [2.05, 4.69) is 26.3 Å². The van der Waals surface area contributed by atoms with Crippen molar-refractivity contribution < 1.29 is 9.59 Å². The van der Waals surface area contributed by atoms with Crippen molar-refractivity contribution in [3.63, 3.8) is 0 Å². The normalized spacial score (nSPS) is 16.8. The average molecular weight is 322 g/mol. The highest BCUT2D eigenvalue weighted by atomic mass is 16.2. The van der Waals surface area contributed by atoms with Crippen LogP contribution < -0.4 is 16.0 Å².